The third kappa shape index (κ3) is 8.57. The SMILES string of the molecule is Cc1cc(C2(C(F)(F)F)CC(c3ccc(C(=O)CC4CC4)c(C)c3)=NO2)n(C)n1.Cc1cc(C2(C)CC(c3ccc(C(=O)O)c(C)c3)=NO2)n(C)n1.NC1CC1. The fraction of sp³-hybridized carbons (Fsp3) is 0.463. The Bertz CT molecular complexity index is 2220. The number of carbonyl (C=O) groups is 2. The smallest absolute Gasteiger partial charge is 0.437 e. The summed E-state index contributed by atoms with van der Waals surface area (Å²) in [6.07, 6.45) is 0.713. The number of ketones is 1. The topological polar surface area (TPSA) is 159 Å². The molecule has 8 rings (SSSR count). The number of carboxylic acid groups (broad SMARTS) is 1. The molecule has 2 aliphatic heterocycles. The molecule has 2 atom stereocenters. The van der Waals surface area contributed by atoms with Crippen LogP contribution in [0.1, 0.15) is 118 Å². The number of nitrogens with zero attached hydrogens (tertiary/aromatic N) is 6. The van der Waals surface area contributed by atoms with Crippen molar-refractivity contribution in [2.45, 2.75) is 103 Å². The van der Waals surface area contributed by atoms with Crippen molar-refractivity contribution in [1.82, 2.24) is 19.6 Å². The normalized spacial score (nSPS) is 21.5. The minimum absolute atomic E-state index is 0.0798. The van der Waals surface area contributed by atoms with Gasteiger partial charge in [0.1, 0.15) is 0 Å². The predicted molar refractivity (Wildman–Crippen MR) is 204 cm³/mol. The monoisotopic (exact) mass is 775 g/mol. The van der Waals surface area contributed by atoms with E-state index < -0.39 is 29.8 Å². The van der Waals surface area contributed by atoms with Crippen LogP contribution in [0.2, 0.25) is 0 Å². The molecule has 12 nitrogen and oxygen atoms in total. The lowest BCUT2D eigenvalue weighted by Crippen LogP contribution is -2.44. The molecule has 0 bridgehead atoms. The van der Waals surface area contributed by atoms with Gasteiger partial charge in [-0.15, -0.1) is 0 Å². The highest BCUT2D eigenvalue weighted by molar-refractivity contribution is 6.04. The Morgan fingerprint density at radius 1 is 0.804 bits per heavy atom. The number of rotatable bonds is 8. The molecule has 2 aromatic carbocycles. The second-order valence-corrected chi connectivity index (χ2v) is 15.5. The van der Waals surface area contributed by atoms with Gasteiger partial charge in [0.15, 0.2) is 11.4 Å². The lowest BCUT2D eigenvalue weighted by Gasteiger charge is -2.28. The number of nitrogens with two attached hydrogens (primary N) is 1. The molecule has 2 aromatic heterocycles. The number of Topliss-reactive ketones (excluding diaryl/α,β-unsaturated/α-hetero) is 1. The van der Waals surface area contributed by atoms with Crippen molar-refractivity contribution in [2.24, 2.45) is 36.1 Å². The van der Waals surface area contributed by atoms with Crippen molar-refractivity contribution < 1.29 is 37.5 Å². The van der Waals surface area contributed by atoms with Crippen LogP contribution in [-0.4, -0.2) is 60.1 Å². The first-order valence-corrected chi connectivity index (χ1v) is 18.6. The maximum Gasteiger partial charge on any atom is 0.437 e. The zero-order valence-electron chi connectivity index (χ0n) is 32.7. The molecular formula is C41H48F3N7O5. The Morgan fingerprint density at radius 2 is 1.30 bits per heavy atom. The third-order valence-electron chi connectivity index (χ3n) is 10.5. The van der Waals surface area contributed by atoms with Crippen molar-refractivity contribution in [3.05, 3.63) is 105 Å². The molecule has 15 heteroatoms. The Labute approximate surface area is 323 Å². The summed E-state index contributed by atoms with van der Waals surface area (Å²) < 4.78 is 45.2. The number of halogens is 3. The number of aromatic nitrogens is 4. The number of hydrogen-bond donors (Lipinski definition) is 2. The number of alkyl halides is 3. The molecule has 298 valence electrons. The Hall–Kier alpha value is -5.31. The van der Waals surface area contributed by atoms with E-state index in [2.05, 4.69) is 20.5 Å². The van der Waals surface area contributed by atoms with Crippen LogP contribution in [0.25, 0.3) is 0 Å². The van der Waals surface area contributed by atoms with Crippen molar-refractivity contribution >= 4 is 23.2 Å². The minimum Gasteiger partial charge on any atom is -0.478 e. The summed E-state index contributed by atoms with van der Waals surface area (Å²) in [6.45, 7) is 9.13. The molecular weight excluding hydrogens is 727 g/mol. The van der Waals surface area contributed by atoms with Gasteiger partial charge in [0.05, 0.1) is 46.2 Å². The van der Waals surface area contributed by atoms with Gasteiger partial charge in [-0.3, -0.25) is 14.2 Å². The summed E-state index contributed by atoms with van der Waals surface area (Å²) in [7, 11) is 3.35. The second kappa shape index (κ2) is 15.3. The van der Waals surface area contributed by atoms with E-state index in [0.29, 0.717) is 52.7 Å². The maximum absolute atomic E-state index is 14.1. The molecule has 56 heavy (non-hydrogen) atoms. The predicted octanol–water partition coefficient (Wildman–Crippen LogP) is 7.48. The van der Waals surface area contributed by atoms with E-state index in [-0.39, 0.29) is 17.2 Å². The number of hydrogen-bond acceptors (Lipinski definition) is 9. The van der Waals surface area contributed by atoms with Gasteiger partial charge in [0.2, 0.25) is 0 Å². The molecule has 2 aliphatic carbocycles. The summed E-state index contributed by atoms with van der Waals surface area (Å²) in [5.74, 6) is -0.367. The molecule has 3 N–H and O–H groups in total. The fourth-order valence-corrected chi connectivity index (χ4v) is 6.98. The average Bonchev–Trinajstić information content (AvgIpc) is 3.90. The van der Waals surface area contributed by atoms with Crippen LogP contribution in [0.3, 0.4) is 0 Å². The van der Waals surface area contributed by atoms with Crippen LogP contribution >= 0.6 is 0 Å². The molecule has 0 amide bonds. The van der Waals surface area contributed by atoms with Crippen LogP contribution in [-0.2, 0) is 35.0 Å². The van der Waals surface area contributed by atoms with E-state index in [1.54, 1.807) is 51.1 Å². The number of carboxylic acids is 1. The lowest BCUT2D eigenvalue weighted by molar-refractivity contribution is -0.278. The first-order valence-electron chi connectivity index (χ1n) is 18.6. The van der Waals surface area contributed by atoms with Gasteiger partial charge in [-0.1, -0.05) is 28.5 Å². The van der Waals surface area contributed by atoms with Gasteiger partial charge in [0.25, 0.3) is 5.60 Å². The maximum atomic E-state index is 14.1. The van der Waals surface area contributed by atoms with Crippen molar-refractivity contribution in [3.63, 3.8) is 0 Å². The first-order chi connectivity index (χ1) is 26.3. The zero-order chi connectivity index (χ0) is 40.7. The van der Waals surface area contributed by atoms with E-state index in [9.17, 15) is 22.8 Å². The minimum atomic E-state index is -4.67. The Balaban J connectivity index is 0.000000176. The molecule has 2 unspecified atom stereocenters. The third-order valence-corrected chi connectivity index (χ3v) is 10.5. The summed E-state index contributed by atoms with van der Waals surface area (Å²) in [4.78, 5) is 34.3. The van der Waals surface area contributed by atoms with E-state index >= 15 is 0 Å². The van der Waals surface area contributed by atoms with Gasteiger partial charge in [-0.2, -0.15) is 23.4 Å². The molecule has 4 heterocycles. The second-order valence-electron chi connectivity index (χ2n) is 15.5. The van der Waals surface area contributed by atoms with Crippen molar-refractivity contribution in [3.8, 4) is 0 Å². The van der Waals surface area contributed by atoms with Gasteiger partial charge in [-0.05, 0) is 119 Å². The van der Waals surface area contributed by atoms with Crippen LogP contribution in [0, 0.1) is 33.6 Å². The highest BCUT2D eigenvalue weighted by Gasteiger charge is 2.64. The number of oxime groups is 2. The summed E-state index contributed by atoms with van der Waals surface area (Å²) in [6, 6.07) is 14.2. The largest absolute Gasteiger partial charge is 0.478 e. The van der Waals surface area contributed by atoms with Crippen LogP contribution in [0.4, 0.5) is 13.2 Å². The van der Waals surface area contributed by atoms with Gasteiger partial charge in [-0.25, -0.2) is 4.79 Å². The number of carbonyl (C=O) groups excluding carboxylic acids is 1. The van der Waals surface area contributed by atoms with Gasteiger partial charge >= 0.3 is 12.1 Å². The van der Waals surface area contributed by atoms with Gasteiger partial charge < -0.3 is 20.5 Å². The Morgan fingerprint density at radius 3 is 1.75 bits per heavy atom. The quantitative estimate of drug-likeness (QED) is 0.174. The van der Waals surface area contributed by atoms with Crippen molar-refractivity contribution in [2.75, 3.05) is 0 Å². The van der Waals surface area contributed by atoms with Crippen LogP contribution in [0.5, 0.6) is 0 Å². The Kier molecular flexibility index (Phi) is 11.0. The molecule has 4 aromatic rings. The number of aromatic carboxylic acids is 1. The molecule has 0 spiro atoms. The number of aryl methyl sites for hydroxylation is 6. The molecule has 2 saturated carbocycles. The fourth-order valence-electron chi connectivity index (χ4n) is 6.98. The highest BCUT2D eigenvalue weighted by Crippen LogP contribution is 2.49. The van der Waals surface area contributed by atoms with Crippen molar-refractivity contribution in [1.29, 1.82) is 0 Å². The number of benzene rings is 2. The van der Waals surface area contributed by atoms with E-state index in [0.717, 1.165) is 41.1 Å². The van der Waals surface area contributed by atoms with E-state index in [1.807, 2.05) is 37.7 Å². The molecule has 2 fully saturated rings. The molecule has 0 saturated heterocycles. The summed E-state index contributed by atoms with van der Waals surface area (Å²) >= 11 is 0. The first kappa shape index (κ1) is 40.4. The molecule has 0 radical (unpaired) electrons. The van der Waals surface area contributed by atoms with Crippen LogP contribution < -0.4 is 5.73 Å². The summed E-state index contributed by atoms with van der Waals surface area (Å²) in [5.41, 5.74) is 9.14. The summed E-state index contributed by atoms with van der Waals surface area (Å²) in [5, 5.41) is 25.5. The van der Waals surface area contributed by atoms with Crippen LogP contribution in [0.15, 0.2) is 58.8 Å². The van der Waals surface area contributed by atoms with E-state index in [1.165, 1.54) is 30.6 Å². The highest BCUT2D eigenvalue weighted by atomic mass is 19.4. The lowest BCUT2D eigenvalue weighted by atomic mass is 9.89. The van der Waals surface area contributed by atoms with E-state index in [4.69, 9.17) is 20.5 Å². The zero-order valence-corrected chi connectivity index (χ0v) is 32.7. The standard InChI is InChI=1S/C21H22F3N3O2.C17H19N3O3.C3H7N/c1-12-8-15(6-7-16(12)18(28)10-14-4-5-14)17-11-20(29-26-17,21(22,23)24)19-9-13(2)25-27(19)3;1-10-7-12(5-6-13(10)16(21)22)14-9-17(3,23-19-14)15-8-11(2)18-20(15)4;4-3-1-2-3/h6-9,14H,4-5,10-11H2,1-3H3;5-8H,9H2,1-4H3,(H,21,22);3H,1-2,4H2. The van der Waals surface area contributed by atoms with Gasteiger partial charge in [0, 0.05) is 38.5 Å². The molecule has 4 aliphatic rings. The average molecular weight is 776 g/mol.